The second-order valence-electron chi connectivity index (χ2n) is 17.4. The summed E-state index contributed by atoms with van der Waals surface area (Å²) >= 11 is 0. The summed E-state index contributed by atoms with van der Waals surface area (Å²) in [7, 11) is 5.27. The molecule has 5 rings (SSSR count). The number of ketones is 2. The first-order valence-electron chi connectivity index (χ1n) is 21.3. The van der Waals surface area contributed by atoms with Gasteiger partial charge in [-0.2, -0.15) is 0 Å². The molecule has 60 heavy (non-hydrogen) atoms. The molecule has 2 aromatic rings. The van der Waals surface area contributed by atoms with Crippen molar-refractivity contribution in [2.75, 3.05) is 27.7 Å². The third-order valence-electron chi connectivity index (χ3n) is 13.1. The standard InChI is InChI=1S/C44H66N6O10/c1-12-34-44(13-2)38(50(42(55)60-44)19-15-14-18-49-23-32(47-25-49)31-21-45-24-46-22-31)28(5)35(51)26(3)16-17-43(8,56-11)39(29(6)36(52)30(7)40(54)58-34)59-41-37(53)33(48(9)10)20-27(4)57-41/h13,21-30,33-34,37-39,41,53H,2,12,14-20H2,1,3-11H3/t26-,27?,28+,29?,30?,33?,34?,37-,38-,39-,41?,43+,44-/m1/s1. The highest BCUT2D eigenvalue weighted by Crippen LogP contribution is 2.43. The molecule has 1 amide bonds. The van der Waals surface area contributed by atoms with Gasteiger partial charge in [0.1, 0.15) is 30.2 Å². The van der Waals surface area contributed by atoms with Gasteiger partial charge in [0.25, 0.3) is 0 Å². The number of aliphatic hydroxyl groups is 1. The van der Waals surface area contributed by atoms with Crippen LogP contribution in [0, 0.1) is 23.7 Å². The molecule has 0 saturated carbocycles. The van der Waals surface area contributed by atoms with Crippen LogP contribution in [0.15, 0.2) is 43.9 Å². The number of amides is 1. The normalized spacial score (nSPS) is 36.0. The van der Waals surface area contributed by atoms with Crippen LogP contribution in [-0.4, -0.2) is 140 Å². The number of aryl methyl sites for hydroxylation is 1. The molecule has 16 heteroatoms. The number of carbonyl (C=O) groups is 4. The molecular formula is C44H66N6O10. The third-order valence-corrected chi connectivity index (χ3v) is 13.1. The number of carbonyl (C=O) groups excluding carboxylic acids is 4. The zero-order valence-corrected chi connectivity index (χ0v) is 37.0. The average Bonchev–Trinajstić information content (AvgIpc) is 3.83. The molecule has 0 spiro atoms. The van der Waals surface area contributed by atoms with Crippen molar-refractivity contribution in [1.29, 1.82) is 0 Å². The van der Waals surface area contributed by atoms with E-state index in [9.17, 15) is 24.3 Å². The summed E-state index contributed by atoms with van der Waals surface area (Å²) in [5.74, 6) is -4.92. The van der Waals surface area contributed by atoms with Gasteiger partial charge in [-0.15, -0.1) is 0 Å². The van der Waals surface area contributed by atoms with Gasteiger partial charge >= 0.3 is 12.1 Å². The van der Waals surface area contributed by atoms with Crippen molar-refractivity contribution in [3.8, 4) is 11.3 Å². The largest absolute Gasteiger partial charge is 0.457 e. The number of imidazole rings is 1. The topological polar surface area (TPSA) is 185 Å². The van der Waals surface area contributed by atoms with Crippen LogP contribution in [0.1, 0.15) is 87.0 Å². The minimum Gasteiger partial charge on any atom is -0.457 e. The van der Waals surface area contributed by atoms with Crippen molar-refractivity contribution in [3.05, 3.63) is 43.9 Å². The minimum absolute atomic E-state index is 0.122. The van der Waals surface area contributed by atoms with E-state index in [4.69, 9.17) is 23.7 Å². The van der Waals surface area contributed by atoms with Crippen molar-refractivity contribution in [3.63, 3.8) is 0 Å². The molecular weight excluding hydrogens is 773 g/mol. The van der Waals surface area contributed by atoms with Gasteiger partial charge in [-0.25, -0.2) is 19.7 Å². The number of nitrogens with zero attached hydrogens (tertiary/aromatic N) is 6. The number of aromatic nitrogens is 4. The van der Waals surface area contributed by atoms with Crippen LogP contribution >= 0.6 is 0 Å². The summed E-state index contributed by atoms with van der Waals surface area (Å²) < 4.78 is 33.3. The number of aliphatic hydroxyl groups excluding tert-OH is 1. The number of methoxy groups -OCH3 is 1. The van der Waals surface area contributed by atoms with E-state index in [-0.39, 0.29) is 37.3 Å². The molecule has 5 heterocycles. The Balaban J connectivity index is 1.44. The smallest absolute Gasteiger partial charge is 0.411 e. The van der Waals surface area contributed by atoms with Crippen LogP contribution in [0.4, 0.5) is 4.79 Å². The van der Waals surface area contributed by atoms with Crippen LogP contribution in [0.5, 0.6) is 0 Å². The van der Waals surface area contributed by atoms with Gasteiger partial charge in [0.05, 0.1) is 35.9 Å². The van der Waals surface area contributed by atoms with E-state index in [1.807, 2.05) is 50.5 Å². The number of esters is 1. The number of hydrogen-bond donors (Lipinski definition) is 1. The van der Waals surface area contributed by atoms with E-state index in [2.05, 4.69) is 21.5 Å². The lowest BCUT2D eigenvalue weighted by atomic mass is 9.75. The van der Waals surface area contributed by atoms with E-state index in [1.54, 1.807) is 44.4 Å². The van der Waals surface area contributed by atoms with Crippen LogP contribution in [-0.2, 0) is 44.6 Å². The Hall–Kier alpha value is -4.09. The molecule has 0 aliphatic carbocycles. The molecule has 16 nitrogen and oxygen atoms in total. The van der Waals surface area contributed by atoms with Crippen molar-refractivity contribution < 1.29 is 48.0 Å². The molecule has 3 saturated heterocycles. The molecule has 3 fully saturated rings. The molecule has 3 aliphatic heterocycles. The van der Waals surface area contributed by atoms with Crippen LogP contribution < -0.4 is 0 Å². The number of cyclic esters (lactones) is 1. The maximum atomic E-state index is 14.6. The molecule has 2 aromatic heterocycles. The fourth-order valence-electron chi connectivity index (χ4n) is 9.30. The van der Waals surface area contributed by atoms with Crippen LogP contribution in [0.25, 0.3) is 11.3 Å². The quantitative estimate of drug-likeness (QED) is 0.132. The lowest BCUT2D eigenvalue weighted by molar-refractivity contribution is -0.295. The lowest BCUT2D eigenvalue weighted by Crippen LogP contribution is -2.59. The van der Waals surface area contributed by atoms with Crippen LogP contribution in [0.3, 0.4) is 0 Å². The third kappa shape index (κ3) is 9.67. The van der Waals surface area contributed by atoms with Gasteiger partial charge in [0, 0.05) is 68.1 Å². The van der Waals surface area contributed by atoms with Crippen LogP contribution in [0.2, 0.25) is 0 Å². The summed E-state index contributed by atoms with van der Waals surface area (Å²) in [6, 6.07) is -1.14. The maximum Gasteiger partial charge on any atom is 0.411 e. The summed E-state index contributed by atoms with van der Waals surface area (Å²) in [5, 5.41) is 11.4. The number of rotatable bonds is 12. The van der Waals surface area contributed by atoms with E-state index >= 15 is 0 Å². The molecule has 3 aliphatic rings. The van der Waals surface area contributed by atoms with Gasteiger partial charge in [-0.1, -0.05) is 34.3 Å². The highest BCUT2D eigenvalue weighted by atomic mass is 16.7. The Bertz CT molecular complexity index is 1810. The molecule has 0 aromatic carbocycles. The van der Waals surface area contributed by atoms with Gasteiger partial charge in [0.15, 0.2) is 17.7 Å². The zero-order valence-electron chi connectivity index (χ0n) is 37.0. The molecule has 6 unspecified atom stereocenters. The first kappa shape index (κ1) is 47.0. The number of likely N-dealkylation sites (N-methyl/N-ethyl adjacent to an activating group) is 1. The predicted molar refractivity (Wildman–Crippen MR) is 221 cm³/mol. The summed E-state index contributed by atoms with van der Waals surface area (Å²) in [4.78, 5) is 73.2. The average molecular weight is 839 g/mol. The first-order chi connectivity index (χ1) is 28.4. The number of unbranched alkanes of at least 4 members (excludes halogenated alkanes) is 1. The van der Waals surface area contributed by atoms with E-state index in [1.165, 1.54) is 26.4 Å². The number of ether oxygens (including phenoxy) is 5. The second kappa shape index (κ2) is 19.7. The SMILES string of the molecule is C=C[C@]12OC(=O)N(CCCCn3cnc(-c4cncnc4)c3)[C@@H]1[C@@H](C)C(=O)[C@H](C)CC[C@](C)(OC)[C@H](OC1OC(C)CC(N(C)C)[C@H]1O)C(C)C(=O)C(C)C(=O)OC2CC. The fraction of sp³-hybridized carbons (Fsp3) is 0.705. The minimum atomic E-state index is -1.59. The Morgan fingerprint density at radius 3 is 2.35 bits per heavy atom. The first-order valence-corrected chi connectivity index (χ1v) is 21.3. The maximum absolute atomic E-state index is 14.6. The van der Waals surface area contributed by atoms with Gasteiger partial charge in [-0.05, 0) is 79.5 Å². The van der Waals surface area contributed by atoms with Crippen molar-refractivity contribution in [2.24, 2.45) is 23.7 Å². The number of Topliss-reactive ketones (excluding diaryl/α,β-unsaturated/α-hetero) is 2. The fourth-order valence-corrected chi connectivity index (χ4v) is 9.30. The lowest BCUT2D eigenvalue weighted by Gasteiger charge is -2.46. The number of hydrogen-bond acceptors (Lipinski definition) is 14. The van der Waals surface area contributed by atoms with Crippen molar-refractivity contribution >= 4 is 23.6 Å². The molecule has 332 valence electrons. The molecule has 13 atom stereocenters. The van der Waals surface area contributed by atoms with E-state index in [0.29, 0.717) is 32.2 Å². The monoisotopic (exact) mass is 838 g/mol. The molecule has 0 bridgehead atoms. The molecule has 0 radical (unpaired) electrons. The molecule has 1 N–H and O–H groups in total. The van der Waals surface area contributed by atoms with E-state index in [0.717, 1.165) is 11.3 Å². The Labute approximate surface area is 354 Å². The Morgan fingerprint density at radius 2 is 1.72 bits per heavy atom. The Kier molecular flexibility index (Phi) is 15.5. The van der Waals surface area contributed by atoms with Gasteiger partial charge in [0.2, 0.25) is 0 Å². The van der Waals surface area contributed by atoms with Gasteiger partial charge in [-0.3, -0.25) is 19.3 Å². The summed E-state index contributed by atoms with van der Waals surface area (Å²) in [6.45, 7) is 17.2. The highest BCUT2D eigenvalue weighted by molar-refractivity contribution is 6.00. The summed E-state index contributed by atoms with van der Waals surface area (Å²) in [6.07, 6.45) is 7.52. The number of fused-ring (bicyclic) bond motifs is 1. The predicted octanol–water partition coefficient (Wildman–Crippen LogP) is 4.88. The van der Waals surface area contributed by atoms with Crippen molar-refractivity contribution in [1.82, 2.24) is 29.3 Å². The van der Waals surface area contributed by atoms with Gasteiger partial charge < -0.3 is 38.3 Å². The highest BCUT2D eigenvalue weighted by Gasteiger charge is 2.61. The zero-order chi connectivity index (χ0) is 44.1. The van der Waals surface area contributed by atoms with Crippen molar-refractivity contribution in [2.45, 2.75) is 148 Å². The van der Waals surface area contributed by atoms with E-state index < -0.39 is 83.4 Å². The second-order valence-corrected chi connectivity index (χ2v) is 17.4. The summed E-state index contributed by atoms with van der Waals surface area (Å²) in [5.41, 5.74) is -1.22. The Morgan fingerprint density at radius 1 is 1.03 bits per heavy atom.